The van der Waals surface area contributed by atoms with Gasteiger partial charge in [0.05, 0.1) is 4.88 Å². The molecule has 0 aliphatic carbocycles. The molecule has 0 spiro atoms. The van der Waals surface area contributed by atoms with Gasteiger partial charge < -0.3 is 0 Å². The van der Waals surface area contributed by atoms with E-state index in [2.05, 4.69) is 22.3 Å². The van der Waals surface area contributed by atoms with Crippen LogP contribution in [-0.2, 0) is 0 Å². The van der Waals surface area contributed by atoms with Crippen molar-refractivity contribution in [3.8, 4) is 28.4 Å². The maximum Gasteiger partial charge on any atom is 0.145 e. The Morgan fingerprint density at radius 3 is 2.60 bits per heavy atom. The molecule has 4 heteroatoms. The van der Waals surface area contributed by atoms with Gasteiger partial charge in [0, 0.05) is 10.9 Å². The standard InChI is InChI=1S/C16H8N2S2/c17-10-14-15(7-6-12-8-9-19-11-12)18-20-16(14)13-4-2-1-3-5-13/h1-5,8-9,11H. The molecule has 0 aliphatic rings. The average Bonchev–Trinajstić information content (AvgIpc) is 3.15. The van der Waals surface area contributed by atoms with Crippen LogP contribution in [0.1, 0.15) is 16.8 Å². The minimum absolute atomic E-state index is 0.558. The topological polar surface area (TPSA) is 36.7 Å². The Balaban J connectivity index is 2.03. The highest BCUT2D eigenvalue weighted by molar-refractivity contribution is 7.10. The van der Waals surface area contributed by atoms with Crippen molar-refractivity contribution in [1.82, 2.24) is 4.37 Å². The van der Waals surface area contributed by atoms with E-state index < -0.39 is 0 Å². The first-order valence-electron chi connectivity index (χ1n) is 5.88. The van der Waals surface area contributed by atoms with Crippen LogP contribution < -0.4 is 0 Å². The fraction of sp³-hybridized carbons (Fsp3) is 0. The molecule has 1 aromatic carbocycles. The zero-order valence-corrected chi connectivity index (χ0v) is 12.0. The van der Waals surface area contributed by atoms with Gasteiger partial charge in [-0.15, -0.1) is 0 Å². The minimum atomic E-state index is 0.558. The van der Waals surface area contributed by atoms with Crippen LogP contribution in [0.5, 0.6) is 0 Å². The van der Waals surface area contributed by atoms with Gasteiger partial charge in [0.25, 0.3) is 0 Å². The number of benzene rings is 1. The fourth-order valence-corrected chi connectivity index (χ4v) is 3.12. The summed E-state index contributed by atoms with van der Waals surface area (Å²) in [5, 5.41) is 13.3. The number of hydrogen-bond acceptors (Lipinski definition) is 4. The molecular weight excluding hydrogens is 284 g/mol. The summed E-state index contributed by atoms with van der Waals surface area (Å²) < 4.78 is 4.31. The first-order chi connectivity index (χ1) is 9.88. The average molecular weight is 292 g/mol. The Kier molecular flexibility index (Phi) is 3.60. The van der Waals surface area contributed by atoms with Gasteiger partial charge in [-0.25, -0.2) is 0 Å². The van der Waals surface area contributed by atoms with Crippen molar-refractivity contribution in [2.45, 2.75) is 0 Å². The highest BCUT2D eigenvalue weighted by Gasteiger charge is 2.13. The smallest absolute Gasteiger partial charge is 0.145 e. The van der Waals surface area contributed by atoms with Gasteiger partial charge in [0.1, 0.15) is 17.3 Å². The van der Waals surface area contributed by atoms with Crippen molar-refractivity contribution in [1.29, 1.82) is 5.26 Å². The van der Waals surface area contributed by atoms with Gasteiger partial charge in [-0.2, -0.15) is 21.0 Å². The molecule has 0 bridgehead atoms. The molecule has 2 nitrogen and oxygen atoms in total. The Hall–Kier alpha value is -2.40. The number of rotatable bonds is 1. The summed E-state index contributed by atoms with van der Waals surface area (Å²) in [6, 6.07) is 14.0. The van der Waals surface area contributed by atoms with Crippen LogP contribution in [0, 0.1) is 23.2 Å². The van der Waals surface area contributed by atoms with Crippen LogP contribution in [0.25, 0.3) is 10.4 Å². The maximum absolute atomic E-state index is 9.36. The number of nitriles is 1. The second kappa shape index (κ2) is 5.71. The van der Waals surface area contributed by atoms with E-state index in [0.29, 0.717) is 11.3 Å². The van der Waals surface area contributed by atoms with Crippen LogP contribution >= 0.6 is 22.9 Å². The van der Waals surface area contributed by atoms with E-state index in [0.717, 1.165) is 16.0 Å². The number of aromatic nitrogens is 1. The molecule has 3 aromatic rings. The van der Waals surface area contributed by atoms with Crippen LogP contribution in [0.4, 0.5) is 0 Å². The second-order valence-corrected chi connectivity index (χ2v) is 5.53. The van der Waals surface area contributed by atoms with Gasteiger partial charge in [0.15, 0.2) is 0 Å². The van der Waals surface area contributed by atoms with Crippen molar-refractivity contribution < 1.29 is 0 Å². The number of nitrogens with zero attached hydrogens (tertiary/aromatic N) is 2. The van der Waals surface area contributed by atoms with Crippen LogP contribution in [0.15, 0.2) is 47.2 Å². The second-order valence-electron chi connectivity index (χ2n) is 3.98. The summed E-state index contributed by atoms with van der Waals surface area (Å²) in [5.74, 6) is 6.02. The largest absolute Gasteiger partial charge is 0.192 e. The third-order valence-electron chi connectivity index (χ3n) is 2.69. The summed E-state index contributed by atoms with van der Waals surface area (Å²) in [7, 11) is 0. The lowest BCUT2D eigenvalue weighted by Crippen LogP contribution is -1.82. The predicted octanol–water partition coefficient (Wildman–Crippen LogP) is 4.14. The Labute approximate surface area is 125 Å². The lowest BCUT2D eigenvalue weighted by Gasteiger charge is -1.95. The molecule has 0 saturated heterocycles. The molecule has 0 unspecified atom stereocenters. The zero-order valence-electron chi connectivity index (χ0n) is 10.3. The van der Waals surface area contributed by atoms with Crippen molar-refractivity contribution in [3.63, 3.8) is 0 Å². The molecule has 0 aliphatic heterocycles. The molecule has 0 radical (unpaired) electrons. The van der Waals surface area contributed by atoms with E-state index in [1.165, 1.54) is 11.5 Å². The van der Waals surface area contributed by atoms with E-state index in [9.17, 15) is 5.26 Å². The van der Waals surface area contributed by atoms with Crippen molar-refractivity contribution in [2.75, 3.05) is 0 Å². The lowest BCUT2D eigenvalue weighted by atomic mass is 10.1. The zero-order chi connectivity index (χ0) is 13.8. The first-order valence-corrected chi connectivity index (χ1v) is 7.59. The molecule has 0 fully saturated rings. The van der Waals surface area contributed by atoms with Crippen LogP contribution in [-0.4, -0.2) is 4.37 Å². The SMILES string of the molecule is N#Cc1c(C#Cc2ccsc2)nsc1-c1ccccc1. The molecule has 0 amide bonds. The van der Waals surface area contributed by atoms with E-state index in [1.807, 2.05) is 47.2 Å². The maximum atomic E-state index is 9.36. The van der Waals surface area contributed by atoms with Crippen LogP contribution in [0.2, 0.25) is 0 Å². The van der Waals surface area contributed by atoms with Crippen molar-refractivity contribution in [2.24, 2.45) is 0 Å². The van der Waals surface area contributed by atoms with Gasteiger partial charge in [0.2, 0.25) is 0 Å². The van der Waals surface area contributed by atoms with E-state index in [-0.39, 0.29) is 0 Å². The van der Waals surface area contributed by atoms with E-state index >= 15 is 0 Å². The molecule has 2 aromatic heterocycles. The predicted molar refractivity (Wildman–Crippen MR) is 82.6 cm³/mol. The van der Waals surface area contributed by atoms with Crippen molar-refractivity contribution in [3.05, 3.63) is 64.0 Å². The molecule has 94 valence electrons. The lowest BCUT2D eigenvalue weighted by molar-refractivity contribution is 1.43. The molecule has 0 N–H and O–H groups in total. The number of hydrogen-bond donors (Lipinski definition) is 0. The van der Waals surface area contributed by atoms with Gasteiger partial charge in [-0.3, -0.25) is 0 Å². The molecule has 3 rings (SSSR count). The highest BCUT2D eigenvalue weighted by Crippen LogP contribution is 2.29. The Morgan fingerprint density at radius 1 is 1.05 bits per heavy atom. The normalized spacial score (nSPS) is 9.55. The molecule has 2 heterocycles. The summed E-state index contributed by atoms with van der Waals surface area (Å²) in [6.07, 6.45) is 0. The third kappa shape index (κ3) is 2.48. The third-order valence-corrected chi connectivity index (χ3v) is 4.27. The fourth-order valence-electron chi connectivity index (χ4n) is 1.73. The highest BCUT2D eigenvalue weighted by atomic mass is 32.1. The van der Waals surface area contributed by atoms with Crippen molar-refractivity contribution >= 4 is 22.9 Å². The van der Waals surface area contributed by atoms with Crippen LogP contribution in [0.3, 0.4) is 0 Å². The summed E-state index contributed by atoms with van der Waals surface area (Å²) in [6.45, 7) is 0. The first kappa shape index (κ1) is 12.6. The minimum Gasteiger partial charge on any atom is -0.192 e. The van der Waals surface area contributed by atoms with Gasteiger partial charge >= 0.3 is 0 Å². The number of thiophene rings is 1. The molecule has 0 saturated carbocycles. The summed E-state index contributed by atoms with van der Waals surface area (Å²) >= 11 is 2.92. The quantitative estimate of drug-likeness (QED) is 0.632. The monoisotopic (exact) mass is 292 g/mol. The van der Waals surface area contributed by atoms with E-state index in [1.54, 1.807) is 11.3 Å². The van der Waals surface area contributed by atoms with Gasteiger partial charge in [-0.05, 0) is 34.5 Å². The van der Waals surface area contributed by atoms with Gasteiger partial charge in [-0.1, -0.05) is 36.3 Å². The van der Waals surface area contributed by atoms with E-state index in [4.69, 9.17) is 0 Å². The molecule has 20 heavy (non-hydrogen) atoms. The Bertz CT molecular complexity index is 813. The Morgan fingerprint density at radius 2 is 1.90 bits per heavy atom. The molecular formula is C16H8N2S2. The molecule has 0 atom stereocenters. The summed E-state index contributed by atoms with van der Waals surface area (Å²) in [5.41, 5.74) is 3.07. The summed E-state index contributed by atoms with van der Waals surface area (Å²) in [4.78, 5) is 0.878.